The lowest BCUT2D eigenvalue weighted by Crippen LogP contribution is -2.38. The molecule has 274 valence electrons. The molecule has 0 radical (unpaired) electrons. The molecule has 0 atom stereocenters. The van der Waals surface area contributed by atoms with Crippen LogP contribution in [0.15, 0.2) is 37.2 Å². The van der Waals surface area contributed by atoms with Crippen molar-refractivity contribution in [2.24, 2.45) is 5.92 Å². The average molecular weight is 662 g/mol. The molecule has 0 spiro atoms. The number of hydrogen-bond acceptors (Lipinski definition) is 6. The Morgan fingerprint density at radius 2 is 1.04 bits per heavy atom. The lowest BCUT2D eigenvalue weighted by atomic mass is 9.97. The van der Waals surface area contributed by atoms with Gasteiger partial charge in [-0.3, -0.25) is 18.9 Å². The van der Waals surface area contributed by atoms with E-state index in [1.807, 2.05) is 28.0 Å². The highest BCUT2D eigenvalue weighted by Crippen LogP contribution is 2.20. The number of aromatic nitrogens is 6. The predicted octanol–water partition coefficient (Wildman–Crippen LogP) is 9.29. The molecule has 0 amide bonds. The van der Waals surface area contributed by atoms with Gasteiger partial charge in [0.1, 0.15) is 0 Å². The zero-order chi connectivity index (χ0) is 31.2. The van der Waals surface area contributed by atoms with Crippen LogP contribution in [-0.4, -0.2) is 80.3 Å². The molecule has 2 fully saturated rings. The topological polar surface area (TPSA) is 75.2 Å². The molecule has 0 unspecified atom stereocenters. The molecule has 0 bridgehead atoms. The fourth-order valence-corrected chi connectivity index (χ4v) is 4.95. The highest BCUT2D eigenvalue weighted by molar-refractivity contribution is 5.10. The number of nitrogens with zero attached hydrogens (tertiary/aromatic N) is 7. The van der Waals surface area contributed by atoms with E-state index in [1.165, 1.54) is 36.0 Å². The van der Waals surface area contributed by atoms with Crippen molar-refractivity contribution in [3.05, 3.63) is 53.9 Å². The molecule has 2 saturated heterocycles. The Morgan fingerprint density at radius 3 is 1.47 bits per heavy atom. The summed E-state index contributed by atoms with van der Waals surface area (Å²) in [7, 11) is 0. The maximum atomic E-state index is 5.36. The van der Waals surface area contributed by atoms with Gasteiger partial charge < -0.3 is 9.47 Å². The Morgan fingerprint density at radius 1 is 0.596 bits per heavy atom. The third-order valence-electron chi connectivity index (χ3n) is 8.31. The van der Waals surface area contributed by atoms with Crippen LogP contribution in [0.25, 0.3) is 0 Å². The quantitative estimate of drug-likeness (QED) is 0.216. The minimum absolute atomic E-state index is 0. The fourth-order valence-electron chi connectivity index (χ4n) is 4.95. The van der Waals surface area contributed by atoms with Crippen molar-refractivity contribution in [2.45, 2.75) is 141 Å². The molecule has 5 rings (SSSR count). The molecular weight excluding hydrogens is 586 g/mol. The van der Waals surface area contributed by atoms with Gasteiger partial charge in [0.25, 0.3) is 0 Å². The molecule has 9 nitrogen and oxygen atoms in total. The first-order valence-electron chi connectivity index (χ1n) is 16.6. The number of morpholine rings is 1. The summed E-state index contributed by atoms with van der Waals surface area (Å²) in [4.78, 5) is 2.43. The Bertz CT molecular complexity index is 1050. The fraction of sp³-hybridized carbons (Fsp3) is 0.763. The van der Waals surface area contributed by atoms with Gasteiger partial charge in [-0.25, -0.2) is 0 Å². The second-order valence-corrected chi connectivity index (χ2v) is 13.2. The van der Waals surface area contributed by atoms with E-state index in [1.54, 1.807) is 0 Å². The van der Waals surface area contributed by atoms with Gasteiger partial charge in [-0.2, -0.15) is 15.3 Å². The Kier molecular flexibility index (Phi) is 24.4. The van der Waals surface area contributed by atoms with Crippen LogP contribution >= 0.6 is 0 Å². The summed E-state index contributed by atoms with van der Waals surface area (Å²) in [6, 6.07) is 0.475. The third-order valence-corrected chi connectivity index (χ3v) is 8.31. The second-order valence-electron chi connectivity index (χ2n) is 13.2. The molecule has 0 N–H and O–H groups in total. The molecule has 0 saturated carbocycles. The molecule has 9 heteroatoms. The standard InChI is InChI=1S/C13H22N2O.C12H21N3O.C9H16N2.4CH4/c1-11(2)13-9-14-15(10-13)6-3-12-4-7-16-8-5-12;1-11(2)12-9-13-15(10-12)4-3-14-5-7-16-8-6-14;1-7(2)9-5-10-11(6-9)8(3)4;;;;/h9-12H,3-8H2,1-2H3;9-11H,3-8H2,1-2H3;5-8H,1-4H3;4*1H4. The molecule has 0 aliphatic carbocycles. The van der Waals surface area contributed by atoms with E-state index < -0.39 is 0 Å². The monoisotopic (exact) mass is 662 g/mol. The summed E-state index contributed by atoms with van der Waals surface area (Å²) < 4.78 is 16.8. The molecule has 2 aliphatic rings. The van der Waals surface area contributed by atoms with Crippen molar-refractivity contribution in [2.75, 3.05) is 46.1 Å². The van der Waals surface area contributed by atoms with E-state index >= 15 is 0 Å². The van der Waals surface area contributed by atoms with Crippen molar-refractivity contribution in [3.63, 3.8) is 0 Å². The lowest BCUT2D eigenvalue weighted by Gasteiger charge is -2.26. The first-order chi connectivity index (χ1) is 20.6. The smallest absolute Gasteiger partial charge is 0.0594 e. The molecule has 5 heterocycles. The van der Waals surface area contributed by atoms with Gasteiger partial charge in [0.05, 0.1) is 38.3 Å². The minimum Gasteiger partial charge on any atom is -0.381 e. The SMILES string of the molecule is C.C.C.C.CC(C)c1cnn(C(C)C)c1.CC(C)c1cnn(CCC2CCOCC2)c1.CC(C)c1cnn(CCN2CCOCC2)c1. The van der Waals surface area contributed by atoms with E-state index in [2.05, 4.69) is 98.9 Å². The zero-order valence-electron chi connectivity index (χ0n) is 28.3. The largest absolute Gasteiger partial charge is 0.381 e. The highest BCUT2D eigenvalue weighted by atomic mass is 16.5. The summed E-state index contributed by atoms with van der Waals surface area (Å²) >= 11 is 0. The van der Waals surface area contributed by atoms with Gasteiger partial charge in [-0.1, -0.05) is 71.2 Å². The van der Waals surface area contributed by atoms with E-state index in [-0.39, 0.29) is 29.7 Å². The molecule has 2 aliphatic heterocycles. The first kappa shape index (κ1) is 46.6. The van der Waals surface area contributed by atoms with E-state index in [4.69, 9.17) is 9.47 Å². The zero-order valence-corrected chi connectivity index (χ0v) is 28.3. The van der Waals surface area contributed by atoms with Crippen molar-refractivity contribution in [1.29, 1.82) is 0 Å². The Hall–Kier alpha value is -2.49. The maximum absolute atomic E-state index is 5.36. The number of hydrogen-bond donors (Lipinski definition) is 0. The molecule has 3 aromatic heterocycles. The normalized spacial score (nSPS) is 15.1. The highest BCUT2D eigenvalue weighted by Gasteiger charge is 2.14. The Labute approximate surface area is 290 Å². The summed E-state index contributed by atoms with van der Waals surface area (Å²) in [5, 5.41) is 13.0. The molecular formula is C38H75N7O2. The van der Waals surface area contributed by atoms with Gasteiger partial charge in [-0.15, -0.1) is 0 Å². The van der Waals surface area contributed by atoms with E-state index in [0.717, 1.165) is 65.1 Å². The predicted molar refractivity (Wildman–Crippen MR) is 202 cm³/mol. The van der Waals surface area contributed by atoms with Gasteiger partial charge in [-0.05, 0) is 73.5 Å². The van der Waals surface area contributed by atoms with Crippen molar-refractivity contribution in [3.8, 4) is 0 Å². The maximum Gasteiger partial charge on any atom is 0.0594 e. The number of aryl methyl sites for hydroxylation is 1. The van der Waals surface area contributed by atoms with Crippen molar-refractivity contribution >= 4 is 0 Å². The van der Waals surface area contributed by atoms with Crippen LogP contribution in [0, 0.1) is 5.92 Å². The van der Waals surface area contributed by atoms with E-state index in [9.17, 15) is 0 Å². The van der Waals surface area contributed by atoms with E-state index in [0.29, 0.717) is 23.8 Å². The summed E-state index contributed by atoms with van der Waals surface area (Å²) in [5.41, 5.74) is 3.98. The van der Waals surface area contributed by atoms with Gasteiger partial charge in [0.2, 0.25) is 0 Å². The first-order valence-corrected chi connectivity index (χ1v) is 16.6. The van der Waals surface area contributed by atoms with Gasteiger partial charge in [0, 0.05) is 64.0 Å². The van der Waals surface area contributed by atoms with Gasteiger partial charge in [0.15, 0.2) is 0 Å². The van der Waals surface area contributed by atoms with Crippen LogP contribution in [0.2, 0.25) is 0 Å². The molecule has 47 heavy (non-hydrogen) atoms. The average Bonchev–Trinajstić information content (AvgIpc) is 3.78. The van der Waals surface area contributed by atoms with Gasteiger partial charge >= 0.3 is 0 Å². The van der Waals surface area contributed by atoms with Crippen LogP contribution in [0.5, 0.6) is 0 Å². The summed E-state index contributed by atoms with van der Waals surface area (Å²) in [5.74, 6) is 2.57. The van der Waals surface area contributed by atoms with Crippen molar-refractivity contribution in [1.82, 2.24) is 34.2 Å². The van der Waals surface area contributed by atoms with Crippen LogP contribution in [0.1, 0.15) is 145 Å². The van der Waals surface area contributed by atoms with Crippen LogP contribution in [0.4, 0.5) is 0 Å². The Balaban J connectivity index is 0. The third kappa shape index (κ3) is 16.9. The van der Waals surface area contributed by atoms with Crippen LogP contribution in [0.3, 0.4) is 0 Å². The minimum atomic E-state index is 0. The number of ether oxygens (including phenoxy) is 2. The summed E-state index contributed by atoms with van der Waals surface area (Å²) in [6.45, 7) is 26.3. The molecule has 3 aromatic rings. The molecule has 0 aromatic carbocycles. The van der Waals surface area contributed by atoms with Crippen LogP contribution in [-0.2, 0) is 22.6 Å². The van der Waals surface area contributed by atoms with Crippen LogP contribution < -0.4 is 0 Å². The second kappa shape index (κ2) is 24.6. The van der Waals surface area contributed by atoms with Crippen molar-refractivity contribution < 1.29 is 9.47 Å². The summed E-state index contributed by atoms with van der Waals surface area (Å²) in [6.07, 6.45) is 16.1. The number of rotatable bonds is 10. The lowest BCUT2D eigenvalue weighted by molar-refractivity contribution is 0.0359.